The van der Waals surface area contributed by atoms with Gasteiger partial charge >= 0.3 is 0 Å². The third-order valence-electron chi connectivity index (χ3n) is 5.50. The number of phenols is 1. The maximum absolute atomic E-state index is 9.82. The molecule has 2 aromatic carbocycles. The van der Waals surface area contributed by atoms with Crippen LogP contribution < -0.4 is 9.47 Å². The number of phenolic OH excluding ortho intramolecular Hbond substituents is 1. The Balaban J connectivity index is 1.49. The number of nitrogens with zero attached hydrogens (tertiary/aromatic N) is 1. The number of fused-ring (bicyclic) bond motifs is 1. The van der Waals surface area contributed by atoms with E-state index in [1.807, 2.05) is 6.07 Å². The van der Waals surface area contributed by atoms with E-state index in [1.54, 1.807) is 12.1 Å². The fourth-order valence-electron chi connectivity index (χ4n) is 4.20. The average Bonchev–Trinajstić information content (AvgIpc) is 2.59. The molecular formula is C23H29NO3. The molecule has 1 N–H and O–H groups in total. The zero-order chi connectivity index (χ0) is 19.0. The van der Waals surface area contributed by atoms with Crippen molar-refractivity contribution in [2.45, 2.75) is 51.2 Å². The Bertz CT molecular complexity index is 794. The molecule has 4 nitrogen and oxygen atoms in total. The van der Waals surface area contributed by atoms with Crippen LogP contribution in [0.25, 0.3) is 0 Å². The van der Waals surface area contributed by atoms with Crippen LogP contribution in [-0.2, 0) is 0 Å². The van der Waals surface area contributed by atoms with Gasteiger partial charge in [0.25, 0.3) is 0 Å². The molecule has 0 bridgehead atoms. The van der Waals surface area contributed by atoms with E-state index in [0.717, 1.165) is 43.1 Å². The molecule has 0 spiro atoms. The van der Waals surface area contributed by atoms with E-state index in [-0.39, 0.29) is 17.3 Å². The Morgan fingerprint density at radius 3 is 2.59 bits per heavy atom. The van der Waals surface area contributed by atoms with Crippen molar-refractivity contribution in [2.24, 2.45) is 0 Å². The molecule has 2 heterocycles. The van der Waals surface area contributed by atoms with Crippen molar-refractivity contribution in [3.05, 3.63) is 53.6 Å². The first kappa shape index (κ1) is 18.2. The first-order valence-electron chi connectivity index (χ1n) is 9.94. The SMILES string of the molecule is CCCN1CC(Oc2ccc([C@H]3CC(C)(C)Oc4cc(O)ccc43)cc2)C1. The smallest absolute Gasteiger partial charge is 0.127 e. The molecule has 0 saturated carbocycles. The van der Waals surface area contributed by atoms with Gasteiger partial charge in [-0.3, -0.25) is 4.90 Å². The van der Waals surface area contributed by atoms with Gasteiger partial charge in [0, 0.05) is 30.6 Å². The summed E-state index contributed by atoms with van der Waals surface area (Å²) in [4.78, 5) is 2.43. The van der Waals surface area contributed by atoms with Gasteiger partial charge in [-0.25, -0.2) is 0 Å². The predicted molar refractivity (Wildman–Crippen MR) is 107 cm³/mol. The Morgan fingerprint density at radius 2 is 1.89 bits per heavy atom. The number of ether oxygens (including phenoxy) is 2. The summed E-state index contributed by atoms with van der Waals surface area (Å²) in [6.07, 6.45) is 2.41. The van der Waals surface area contributed by atoms with E-state index in [2.05, 4.69) is 49.9 Å². The highest BCUT2D eigenvalue weighted by atomic mass is 16.5. The Morgan fingerprint density at radius 1 is 1.15 bits per heavy atom. The van der Waals surface area contributed by atoms with Crippen molar-refractivity contribution in [2.75, 3.05) is 19.6 Å². The molecule has 0 radical (unpaired) electrons. The molecule has 2 aliphatic heterocycles. The summed E-state index contributed by atoms with van der Waals surface area (Å²) >= 11 is 0. The van der Waals surface area contributed by atoms with E-state index in [4.69, 9.17) is 9.47 Å². The molecule has 1 saturated heterocycles. The van der Waals surface area contributed by atoms with Gasteiger partial charge in [-0.15, -0.1) is 0 Å². The van der Waals surface area contributed by atoms with E-state index >= 15 is 0 Å². The fraction of sp³-hybridized carbons (Fsp3) is 0.478. The zero-order valence-corrected chi connectivity index (χ0v) is 16.4. The normalized spacial score (nSPS) is 21.8. The fourth-order valence-corrected chi connectivity index (χ4v) is 4.20. The highest BCUT2D eigenvalue weighted by Gasteiger charge is 2.35. The van der Waals surface area contributed by atoms with Gasteiger partial charge in [0.1, 0.15) is 29.0 Å². The van der Waals surface area contributed by atoms with Gasteiger partial charge in [-0.05, 0) is 57.0 Å². The molecule has 0 aromatic heterocycles. The molecule has 4 rings (SSSR count). The highest BCUT2D eigenvalue weighted by molar-refractivity contribution is 5.48. The van der Waals surface area contributed by atoms with Gasteiger partial charge in [-0.1, -0.05) is 25.1 Å². The maximum atomic E-state index is 9.82. The lowest BCUT2D eigenvalue weighted by atomic mass is 9.80. The number of likely N-dealkylation sites (tertiary alicyclic amines) is 1. The van der Waals surface area contributed by atoms with Gasteiger partial charge in [-0.2, -0.15) is 0 Å². The largest absolute Gasteiger partial charge is 0.508 e. The number of rotatable bonds is 5. The Labute approximate surface area is 161 Å². The van der Waals surface area contributed by atoms with Crippen molar-refractivity contribution < 1.29 is 14.6 Å². The summed E-state index contributed by atoms with van der Waals surface area (Å²) in [6.45, 7) is 9.63. The molecule has 0 amide bonds. The van der Waals surface area contributed by atoms with Gasteiger partial charge in [0.15, 0.2) is 0 Å². The Hall–Kier alpha value is -2.20. The maximum Gasteiger partial charge on any atom is 0.127 e. The molecule has 4 heteroatoms. The molecule has 144 valence electrons. The van der Waals surface area contributed by atoms with Crippen LogP contribution in [0.4, 0.5) is 0 Å². The quantitative estimate of drug-likeness (QED) is 0.841. The summed E-state index contributed by atoms with van der Waals surface area (Å²) in [5.74, 6) is 2.22. The lowest BCUT2D eigenvalue weighted by Crippen LogP contribution is -2.53. The molecular weight excluding hydrogens is 338 g/mol. The summed E-state index contributed by atoms with van der Waals surface area (Å²) < 4.78 is 12.2. The third kappa shape index (κ3) is 3.91. The molecule has 27 heavy (non-hydrogen) atoms. The van der Waals surface area contributed by atoms with E-state index in [9.17, 15) is 5.11 Å². The molecule has 1 fully saturated rings. The van der Waals surface area contributed by atoms with Gasteiger partial charge in [0.05, 0.1) is 0 Å². The topological polar surface area (TPSA) is 41.9 Å². The molecule has 2 aliphatic rings. The van der Waals surface area contributed by atoms with Crippen LogP contribution in [0.5, 0.6) is 17.2 Å². The van der Waals surface area contributed by atoms with Gasteiger partial charge < -0.3 is 14.6 Å². The standard InChI is InChI=1S/C23H29NO3/c1-4-11-24-14-19(15-24)26-18-8-5-16(6-9-18)21-13-23(2,3)27-22-12-17(25)7-10-20(21)22/h5-10,12,19,21,25H,4,11,13-15H2,1-3H3/t21-/m1/s1. The minimum absolute atomic E-state index is 0.242. The second-order valence-electron chi connectivity index (χ2n) is 8.41. The van der Waals surface area contributed by atoms with Crippen LogP contribution in [-0.4, -0.2) is 41.3 Å². The minimum Gasteiger partial charge on any atom is -0.508 e. The molecule has 2 aromatic rings. The van der Waals surface area contributed by atoms with Crippen LogP contribution in [0.15, 0.2) is 42.5 Å². The van der Waals surface area contributed by atoms with Crippen molar-refractivity contribution >= 4 is 0 Å². The van der Waals surface area contributed by atoms with Gasteiger partial charge in [0.2, 0.25) is 0 Å². The number of aromatic hydroxyl groups is 1. The van der Waals surface area contributed by atoms with Crippen molar-refractivity contribution in [1.29, 1.82) is 0 Å². The Kier molecular flexibility index (Phi) is 4.77. The molecule has 0 unspecified atom stereocenters. The van der Waals surface area contributed by atoms with Crippen LogP contribution in [0.3, 0.4) is 0 Å². The van der Waals surface area contributed by atoms with Crippen molar-refractivity contribution in [3.63, 3.8) is 0 Å². The number of hydrogen-bond donors (Lipinski definition) is 1. The number of benzene rings is 2. The number of hydrogen-bond acceptors (Lipinski definition) is 4. The van der Waals surface area contributed by atoms with E-state index < -0.39 is 0 Å². The van der Waals surface area contributed by atoms with Crippen LogP contribution in [0.1, 0.15) is 50.7 Å². The third-order valence-corrected chi connectivity index (χ3v) is 5.50. The minimum atomic E-state index is -0.269. The van der Waals surface area contributed by atoms with Crippen LogP contribution >= 0.6 is 0 Å². The summed E-state index contributed by atoms with van der Waals surface area (Å²) in [5.41, 5.74) is 2.12. The van der Waals surface area contributed by atoms with E-state index in [1.165, 1.54) is 12.0 Å². The summed E-state index contributed by atoms with van der Waals surface area (Å²) in [6, 6.07) is 13.9. The van der Waals surface area contributed by atoms with Crippen molar-refractivity contribution in [1.82, 2.24) is 4.90 Å². The van der Waals surface area contributed by atoms with Crippen molar-refractivity contribution in [3.8, 4) is 17.2 Å². The first-order chi connectivity index (χ1) is 12.9. The molecule has 1 atom stereocenters. The summed E-state index contributed by atoms with van der Waals surface area (Å²) in [5, 5.41) is 9.82. The van der Waals surface area contributed by atoms with Crippen LogP contribution in [0, 0.1) is 0 Å². The monoisotopic (exact) mass is 367 g/mol. The zero-order valence-electron chi connectivity index (χ0n) is 16.4. The second-order valence-corrected chi connectivity index (χ2v) is 8.41. The highest BCUT2D eigenvalue weighted by Crippen LogP contribution is 2.45. The average molecular weight is 367 g/mol. The lowest BCUT2D eigenvalue weighted by Gasteiger charge is -2.39. The lowest BCUT2D eigenvalue weighted by molar-refractivity contribution is 0.0202. The summed E-state index contributed by atoms with van der Waals surface area (Å²) in [7, 11) is 0. The van der Waals surface area contributed by atoms with E-state index in [0.29, 0.717) is 6.10 Å². The predicted octanol–water partition coefficient (Wildman–Crippen LogP) is 4.56. The second kappa shape index (κ2) is 7.08. The first-order valence-corrected chi connectivity index (χ1v) is 9.94. The molecule has 0 aliphatic carbocycles. The van der Waals surface area contributed by atoms with Crippen LogP contribution in [0.2, 0.25) is 0 Å².